The van der Waals surface area contributed by atoms with Crippen LogP contribution in [0.15, 0.2) is 36.7 Å². The minimum Gasteiger partial charge on any atom is -0.376 e. The van der Waals surface area contributed by atoms with Crippen LogP contribution in [-0.2, 0) is 4.74 Å². The monoisotopic (exact) mass is 393 g/mol. The van der Waals surface area contributed by atoms with Crippen molar-refractivity contribution in [3.05, 3.63) is 57.8 Å². The second-order valence-electron chi connectivity index (χ2n) is 5.89. The molecule has 6 nitrogen and oxygen atoms in total. The topological polar surface area (TPSA) is 80.3 Å². The van der Waals surface area contributed by atoms with Gasteiger partial charge in [-0.25, -0.2) is 0 Å². The predicted molar refractivity (Wildman–Crippen MR) is 100.0 cm³/mol. The van der Waals surface area contributed by atoms with Crippen molar-refractivity contribution in [3.63, 3.8) is 0 Å². The van der Waals surface area contributed by atoms with Crippen LogP contribution in [0.5, 0.6) is 0 Å². The number of carbonyl (C=O) groups is 2. The van der Waals surface area contributed by atoms with Crippen molar-refractivity contribution in [3.8, 4) is 0 Å². The Morgan fingerprint density at radius 1 is 1.12 bits per heavy atom. The Labute approximate surface area is 160 Å². The normalized spacial score (nSPS) is 16.3. The molecule has 1 atom stereocenters. The summed E-state index contributed by atoms with van der Waals surface area (Å²) in [5, 5.41) is 6.24. The zero-order valence-electron chi connectivity index (χ0n) is 13.8. The lowest BCUT2D eigenvalue weighted by Crippen LogP contribution is -2.32. The van der Waals surface area contributed by atoms with Crippen molar-refractivity contribution in [1.82, 2.24) is 10.3 Å². The summed E-state index contributed by atoms with van der Waals surface area (Å²) in [6.07, 6.45) is 4.80. The fraction of sp³-hybridized carbons (Fsp3) is 0.278. The third-order valence-electron chi connectivity index (χ3n) is 3.95. The van der Waals surface area contributed by atoms with Crippen molar-refractivity contribution in [2.24, 2.45) is 0 Å². The molecule has 0 saturated carbocycles. The molecule has 1 aliphatic heterocycles. The second-order valence-corrected chi connectivity index (χ2v) is 6.70. The Balaban J connectivity index is 1.64. The molecule has 1 unspecified atom stereocenters. The first-order valence-electron chi connectivity index (χ1n) is 8.14. The largest absolute Gasteiger partial charge is 0.376 e. The maximum absolute atomic E-state index is 12.4. The summed E-state index contributed by atoms with van der Waals surface area (Å²) in [4.78, 5) is 28.6. The van der Waals surface area contributed by atoms with E-state index in [1.54, 1.807) is 18.2 Å². The zero-order chi connectivity index (χ0) is 18.5. The minimum atomic E-state index is -0.398. The summed E-state index contributed by atoms with van der Waals surface area (Å²) in [6, 6.07) is 6.27. The molecule has 3 rings (SSSR count). The van der Waals surface area contributed by atoms with Gasteiger partial charge in [0, 0.05) is 31.2 Å². The number of aromatic nitrogens is 1. The molecule has 1 aromatic heterocycles. The first kappa shape index (κ1) is 18.6. The third kappa shape index (κ3) is 4.72. The van der Waals surface area contributed by atoms with Gasteiger partial charge in [0.2, 0.25) is 0 Å². The van der Waals surface area contributed by atoms with Gasteiger partial charge in [0.1, 0.15) is 0 Å². The van der Waals surface area contributed by atoms with E-state index in [2.05, 4.69) is 15.6 Å². The molecular formula is C18H17Cl2N3O3. The minimum absolute atomic E-state index is 0.0491. The standard InChI is InChI=1S/C18H17Cl2N3O3/c19-15-4-3-13(7-16(15)20)23-18(25)12-6-11(8-21-9-12)17(24)22-10-14-2-1-5-26-14/h3-4,6-9,14H,1-2,5,10H2,(H,22,24)(H,23,25). The molecule has 1 fully saturated rings. The van der Waals surface area contributed by atoms with E-state index in [1.165, 1.54) is 18.5 Å². The Morgan fingerprint density at radius 3 is 2.58 bits per heavy atom. The average molecular weight is 394 g/mol. The molecule has 1 saturated heterocycles. The molecule has 26 heavy (non-hydrogen) atoms. The van der Waals surface area contributed by atoms with E-state index in [9.17, 15) is 9.59 Å². The van der Waals surface area contributed by atoms with Crippen LogP contribution >= 0.6 is 23.2 Å². The number of benzene rings is 1. The van der Waals surface area contributed by atoms with Crippen LogP contribution in [0.2, 0.25) is 10.0 Å². The van der Waals surface area contributed by atoms with Crippen molar-refractivity contribution in [2.45, 2.75) is 18.9 Å². The number of amides is 2. The van der Waals surface area contributed by atoms with Gasteiger partial charge >= 0.3 is 0 Å². The molecule has 0 aliphatic carbocycles. The number of rotatable bonds is 5. The molecule has 8 heteroatoms. The van der Waals surface area contributed by atoms with E-state index < -0.39 is 5.91 Å². The number of anilines is 1. The van der Waals surface area contributed by atoms with E-state index in [0.717, 1.165) is 19.4 Å². The second kappa shape index (κ2) is 8.49. The number of halogens is 2. The Bertz CT molecular complexity index is 823. The molecule has 1 aromatic carbocycles. The molecule has 2 N–H and O–H groups in total. The van der Waals surface area contributed by atoms with Crippen molar-refractivity contribution < 1.29 is 14.3 Å². The van der Waals surface area contributed by atoms with Crippen molar-refractivity contribution in [1.29, 1.82) is 0 Å². The summed E-state index contributed by atoms with van der Waals surface area (Å²) in [6.45, 7) is 1.17. The van der Waals surface area contributed by atoms with Crippen LogP contribution in [0.3, 0.4) is 0 Å². The summed E-state index contributed by atoms with van der Waals surface area (Å²) >= 11 is 11.8. The smallest absolute Gasteiger partial charge is 0.257 e. The zero-order valence-corrected chi connectivity index (χ0v) is 15.3. The highest BCUT2D eigenvalue weighted by Gasteiger charge is 2.17. The van der Waals surface area contributed by atoms with Gasteiger partial charge < -0.3 is 15.4 Å². The molecule has 1 aliphatic rings. The summed E-state index contributed by atoms with van der Waals surface area (Å²) in [7, 11) is 0. The molecule has 2 heterocycles. The number of pyridine rings is 1. The van der Waals surface area contributed by atoms with E-state index in [4.69, 9.17) is 27.9 Å². The fourth-order valence-electron chi connectivity index (χ4n) is 2.58. The highest BCUT2D eigenvalue weighted by molar-refractivity contribution is 6.42. The number of hydrogen-bond donors (Lipinski definition) is 2. The maximum atomic E-state index is 12.4. The van der Waals surface area contributed by atoms with E-state index in [-0.39, 0.29) is 17.6 Å². The van der Waals surface area contributed by atoms with Gasteiger partial charge in [-0.05, 0) is 37.1 Å². The Morgan fingerprint density at radius 2 is 1.88 bits per heavy atom. The van der Waals surface area contributed by atoms with Gasteiger partial charge in [-0.1, -0.05) is 23.2 Å². The van der Waals surface area contributed by atoms with Crippen LogP contribution in [0.1, 0.15) is 33.6 Å². The molecule has 136 valence electrons. The predicted octanol–water partition coefficient (Wildman–Crippen LogP) is 3.55. The number of nitrogens with zero attached hydrogens (tertiary/aromatic N) is 1. The van der Waals surface area contributed by atoms with Crippen LogP contribution in [0, 0.1) is 0 Å². The molecule has 2 aromatic rings. The molecular weight excluding hydrogens is 377 g/mol. The molecule has 0 radical (unpaired) electrons. The van der Waals surface area contributed by atoms with Gasteiger partial charge in [-0.2, -0.15) is 0 Å². The lowest BCUT2D eigenvalue weighted by atomic mass is 10.1. The van der Waals surface area contributed by atoms with Crippen LogP contribution in [0.4, 0.5) is 5.69 Å². The van der Waals surface area contributed by atoms with Gasteiger partial charge in [0.25, 0.3) is 11.8 Å². The van der Waals surface area contributed by atoms with E-state index in [1.807, 2.05) is 0 Å². The summed E-state index contributed by atoms with van der Waals surface area (Å²) in [5.41, 5.74) is 1.07. The molecule has 0 bridgehead atoms. The number of hydrogen-bond acceptors (Lipinski definition) is 4. The number of nitrogens with one attached hydrogen (secondary N) is 2. The van der Waals surface area contributed by atoms with E-state index in [0.29, 0.717) is 27.8 Å². The molecule has 2 amide bonds. The maximum Gasteiger partial charge on any atom is 0.257 e. The molecule has 0 spiro atoms. The lowest BCUT2D eigenvalue weighted by Gasteiger charge is -2.11. The van der Waals surface area contributed by atoms with Crippen molar-refractivity contribution in [2.75, 3.05) is 18.5 Å². The highest BCUT2D eigenvalue weighted by atomic mass is 35.5. The van der Waals surface area contributed by atoms with Crippen molar-refractivity contribution >= 4 is 40.7 Å². The first-order valence-corrected chi connectivity index (χ1v) is 8.90. The van der Waals surface area contributed by atoms with Crippen LogP contribution in [-0.4, -0.2) is 36.1 Å². The number of carbonyl (C=O) groups excluding carboxylic acids is 2. The summed E-state index contributed by atoms with van der Waals surface area (Å²) in [5.74, 6) is -0.693. The average Bonchev–Trinajstić information content (AvgIpc) is 3.16. The lowest BCUT2D eigenvalue weighted by molar-refractivity contribution is 0.0857. The van der Waals surface area contributed by atoms with Gasteiger partial charge in [-0.15, -0.1) is 0 Å². The van der Waals surface area contributed by atoms with Crippen LogP contribution < -0.4 is 10.6 Å². The van der Waals surface area contributed by atoms with Gasteiger partial charge in [0.05, 0.1) is 27.3 Å². The fourth-order valence-corrected chi connectivity index (χ4v) is 2.88. The first-order chi connectivity index (χ1) is 12.5. The van der Waals surface area contributed by atoms with E-state index >= 15 is 0 Å². The quantitative estimate of drug-likeness (QED) is 0.813. The number of ether oxygens (including phenoxy) is 1. The van der Waals surface area contributed by atoms with Crippen LogP contribution in [0.25, 0.3) is 0 Å². The summed E-state index contributed by atoms with van der Waals surface area (Å²) < 4.78 is 5.47. The third-order valence-corrected chi connectivity index (χ3v) is 4.69. The Kier molecular flexibility index (Phi) is 6.08. The SMILES string of the molecule is O=C(NCC1CCCO1)c1cncc(C(=O)Nc2ccc(Cl)c(Cl)c2)c1. The highest BCUT2D eigenvalue weighted by Crippen LogP contribution is 2.25. The van der Waals surface area contributed by atoms with Gasteiger partial charge in [0.15, 0.2) is 0 Å². The van der Waals surface area contributed by atoms with Gasteiger partial charge in [-0.3, -0.25) is 14.6 Å². The Hall–Kier alpha value is -2.15.